The molecule has 0 fully saturated rings. The molecule has 1 aromatic rings. The molecule has 0 aliphatic carbocycles. The highest BCUT2D eigenvalue weighted by molar-refractivity contribution is 5.71. The summed E-state index contributed by atoms with van der Waals surface area (Å²) in [5, 5.41) is 3.35. The van der Waals surface area contributed by atoms with Gasteiger partial charge in [0.25, 0.3) is 0 Å². The molecule has 1 heterocycles. The summed E-state index contributed by atoms with van der Waals surface area (Å²) in [7, 11) is 0. The fraction of sp³-hybridized carbons (Fsp3) is 0.500. The first-order valence-corrected chi connectivity index (χ1v) is 5.53. The van der Waals surface area contributed by atoms with E-state index in [0.29, 0.717) is 0 Å². The second-order valence-electron chi connectivity index (χ2n) is 4.12. The molecule has 0 saturated heterocycles. The third-order valence-corrected chi connectivity index (χ3v) is 2.62. The van der Waals surface area contributed by atoms with Gasteiger partial charge in [0.05, 0.1) is 17.9 Å². The topological polar surface area (TPSA) is 47.3 Å². The van der Waals surface area contributed by atoms with Gasteiger partial charge in [0.1, 0.15) is 6.10 Å². The predicted octanol–water partition coefficient (Wildman–Crippen LogP) is 2.41. The highest BCUT2D eigenvalue weighted by atomic mass is 16.5. The van der Waals surface area contributed by atoms with Crippen LogP contribution in [0.15, 0.2) is 12.1 Å². The summed E-state index contributed by atoms with van der Waals surface area (Å²) < 4.78 is 5.71. The molecule has 1 unspecified atom stereocenters. The van der Waals surface area contributed by atoms with Gasteiger partial charge in [-0.3, -0.25) is 0 Å². The average Bonchev–Trinajstić information content (AvgIpc) is 2.20. The Kier molecular flexibility index (Phi) is 2.71. The Labute approximate surface area is 90.6 Å². The van der Waals surface area contributed by atoms with Gasteiger partial charge in [-0.1, -0.05) is 13.3 Å². The Bertz CT molecular complexity index is 363. The molecule has 3 nitrogen and oxygen atoms in total. The molecule has 1 atom stereocenters. The largest absolute Gasteiger partial charge is 0.485 e. The van der Waals surface area contributed by atoms with Crippen LogP contribution in [0.3, 0.4) is 0 Å². The zero-order valence-electron chi connectivity index (χ0n) is 9.34. The number of rotatable bonds is 2. The molecule has 0 spiro atoms. The van der Waals surface area contributed by atoms with Crippen molar-refractivity contribution < 1.29 is 4.74 Å². The standard InChI is InChI=1S/C12H18N2O/c1-3-4-9-5-10(13)12-11(6-9)14-7-8(2)15-12/h5-6,8,14H,3-4,7,13H2,1-2H3. The van der Waals surface area contributed by atoms with Gasteiger partial charge in [0.2, 0.25) is 0 Å². The van der Waals surface area contributed by atoms with E-state index in [-0.39, 0.29) is 6.10 Å². The van der Waals surface area contributed by atoms with Crippen molar-refractivity contribution in [1.82, 2.24) is 0 Å². The molecular weight excluding hydrogens is 188 g/mol. The lowest BCUT2D eigenvalue weighted by atomic mass is 10.1. The monoisotopic (exact) mass is 206 g/mol. The molecule has 0 radical (unpaired) electrons. The SMILES string of the molecule is CCCc1cc(N)c2c(c1)NCC(C)O2. The number of nitrogen functional groups attached to an aromatic ring is 1. The van der Waals surface area contributed by atoms with Gasteiger partial charge in [-0.15, -0.1) is 0 Å². The minimum absolute atomic E-state index is 0.192. The highest BCUT2D eigenvalue weighted by Gasteiger charge is 2.18. The molecule has 1 aromatic carbocycles. The number of nitrogens with two attached hydrogens (primary N) is 1. The summed E-state index contributed by atoms with van der Waals surface area (Å²) >= 11 is 0. The summed E-state index contributed by atoms with van der Waals surface area (Å²) in [6.07, 6.45) is 2.39. The molecule has 0 saturated carbocycles. The zero-order chi connectivity index (χ0) is 10.8. The summed E-state index contributed by atoms with van der Waals surface area (Å²) in [6, 6.07) is 4.16. The van der Waals surface area contributed by atoms with Crippen molar-refractivity contribution in [3.8, 4) is 5.75 Å². The van der Waals surface area contributed by atoms with Crippen LogP contribution < -0.4 is 15.8 Å². The summed E-state index contributed by atoms with van der Waals surface area (Å²) in [4.78, 5) is 0. The van der Waals surface area contributed by atoms with Crippen LogP contribution in [0.1, 0.15) is 25.8 Å². The van der Waals surface area contributed by atoms with Crippen molar-refractivity contribution in [2.24, 2.45) is 0 Å². The van der Waals surface area contributed by atoms with E-state index >= 15 is 0 Å². The second kappa shape index (κ2) is 4.01. The first-order chi connectivity index (χ1) is 7.20. The number of hydrogen-bond donors (Lipinski definition) is 2. The fourth-order valence-electron chi connectivity index (χ4n) is 1.91. The van der Waals surface area contributed by atoms with Crippen LogP contribution >= 0.6 is 0 Å². The number of nitrogens with one attached hydrogen (secondary N) is 1. The van der Waals surface area contributed by atoms with Crippen LogP contribution in [0.5, 0.6) is 5.75 Å². The van der Waals surface area contributed by atoms with Crippen LogP contribution in [0.4, 0.5) is 11.4 Å². The van der Waals surface area contributed by atoms with Gasteiger partial charge in [-0.25, -0.2) is 0 Å². The summed E-state index contributed by atoms with van der Waals surface area (Å²) in [6.45, 7) is 5.05. The summed E-state index contributed by atoms with van der Waals surface area (Å²) in [5.74, 6) is 0.814. The van der Waals surface area contributed by atoms with Crippen molar-refractivity contribution in [2.75, 3.05) is 17.6 Å². The fourth-order valence-corrected chi connectivity index (χ4v) is 1.91. The normalized spacial score (nSPS) is 18.9. The maximum atomic E-state index is 5.97. The van der Waals surface area contributed by atoms with Crippen LogP contribution in [0.2, 0.25) is 0 Å². The lowest BCUT2D eigenvalue weighted by Crippen LogP contribution is -2.28. The van der Waals surface area contributed by atoms with Gasteiger partial charge < -0.3 is 15.8 Å². The molecule has 0 amide bonds. The molecule has 3 heteroatoms. The molecule has 3 N–H and O–H groups in total. The number of benzene rings is 1. The number of ether oxygens (including phenoxy) is 1. The molecule has 82 valence electrons. The lowest BCUT2D eigenvalue weighted by Gasteiger charge is -2.26. The highest BCUT2D eigenvalue weighted by Crippen LogP contribution is 2.36. The second-order valence-corrected chi connectivity index (χ2v) is 4.12. The maximum Gasteiger partial charge on any atom is 0.165 e. The third kappa shape index (κ3) is 2.01. The average molecular weight is 206 g/mol. The van der Waals surface area contributed by atoms with Crippen LogP contribution in [0.25, 0.3) is 0 Å². The van der Waals surface area contributed by atoms with Crippen molar-refractivity contribution in [1.29, 1.82) is 0 Å². The van der Waals surface area contributed by atoms with E-state index < -0.39 is 0 Å². The Balaban J connectivity index is 2.34. The number of fused-ring (bicyclic) bond motifs is 1. The van der Waals surface area contributed by atoms with Gasteiger partial charge in [-0.2, -0.15) is 0 Å². The van der Waals surface area contributed by atoms with E-state index in [1.807, 2.05) is 13.0 Å². The van der Waals surface area contributed by atoms with E-state index in [1.54, 1.807) is 0 Å². The summed E-state index contributed by atoms with van der Waals surface area (Å²) in [5.41, 5.74) is 9.03. The quantitative estimate of drug-likeness (QED) is 0.730. The number of hydrogen-bond acceptors (Lipinski definition) is 3. The first-order valence-electron chi connectivity index (χ1n) is 5.53. The molecular formula is C12H18N2O. The van der Waals surface area contributed by atoms with Crippen molar-refractivity contribution in [2.45, 2.75) is 32.8 Å². The van der Waals surface area contributed by atoms with E-state index in [4.69, 9.17) is 10.5 Å². The first kappa shape index (κ1) is 10.1. The van der Waals surface area contributed by atoms with Crippen LogP contribution in [-0.4, -0.2) is 12.6 Å². The van der Waals surface area contributed by atoms with Gasteiger partial charge in [0, 0.05) is 0 Å². The number of anilines is 2. The zero-order valence-corrected chi connectivity index (χ0v) is 9.34. The molecule has 15 heavy (non-hydrogen) atoms. The minimum atomic E-state index is 0.192. The van der Waals surface area contributed by atoms with Crippen molar-refractivity contribution in [3.05, 3.63) is 17.7 Å². The third-order valence-electron chi connectivity index (χ3n) is 2.62. The Morgan fingerprint density at radius 2 is 2.33 bits per heavy atom. The smallest absolute Gasteiger partial charge is 0.165 e. The molecule has 1 aliphatic heterocycles. The Morgan fingerprint density at radius 1 is 1.53 bits per heavy atom. The van der Waals surface area contributed by atoms with Crippen LogP contribution in [-0.2, 0) is 6.42 Å². The Morgan fingerprint density at radius 3 is 3.07 bits per heavy atom. The Hall–Kier alpha value is -1.38. The van der Waals surface area contributed by atoms with E-state index in [9.17, 15) is 0 Å². The van der Waals surface area contributed by atoms with Crippen molar-refractivity contribution in [3.63, 3.8) is 0 Å². The minimum Gasteiger partial charge on any atom is -0.485 e. The molecule has 2 rings (SSSR count). The van der Waals surface area contributed by atoms with Gasteiger partial charge in [-0.05, 0) is 31.0 Å². The van der Waals surface area contributed by atoms with Gasteiger partial charge in [0.15, 0.2) is 5.75 Å². The lowest BCUT2D eigenvalue weighted by molar-refractivity contribution is 0.227. The number of aryl methyl sites for hydroxylation is 1. The van der Waals surface area contributed by atoms with E-state index in [0.717, 1.165) is 36.5 Å². The van der Waals surface area contributed by atoms with E-state index in [1.165, 1.54) is 5.56 Å². The predicted molar refractivity (Wildman–Crippen MR) is 63.4 cm³/mol. The molecule has 0 aromatic heterocycles. The molecule has 0 bridgehead atoms. The van der Waals surface area contributed by atoms with Gasteiger partial charge >= 0.3 is 0 Å². The molecule has 1 aliphatic rings. The van der Waals surface area contributed by atoms with Crippen LogP contribution in [0, 0.1) is 0 Å². The maximum absolute atomic E-state index is 5.97. The van der Waals surface area contributed by atoms with Crippen molar-refractivity contribution >= 4 is 11.4 Å². The van der Waals surface area contributed by atoms with E-state index in [2.05, 4.69) is 18.3 Å².